The normalized spacial score (nSPS) is 13.2. The number of ether oxygens (including phenoxy) is 1. The fourth-order valence-electron chi connectivity index (χ4n) is 2.10. The first-order valence-electron chi connectivity index (χ1n) is 8.04. The summed E-state index contributed by atoms with van der Waals surface area (Å²) < 4.78 is 28.6. The fourth-order valence-corrected chi connectivity index (χ4v) is 3.18. The maximum Gasteiger partial charge on any atom is 0.407 e. The lowest BCUT2D eigenvalue weighted by atomic mass is 10.1. The summed E-state index contributed by atoms with van der Waals surface area (Å²) >= 11 is 0. The van der Waals surface area contributed by atoms with Crippen molar-refractivity contribution in [3.63, 3.8) is 0 Å². The van der Waals surface area contributed by atoms with Crippen LogP contribution in [0.3, 0.4) is 0 Å². The first-order chi connectivity index (χ1) is 11.0. The van der Waals surface area contributed by atoms with Gasteiger partial charge in [-0.2, -0.15) is 0 Å². The summed E-state index contributed by atoms with van der Waals surface area (Å²) in [6.07, 6.45) is -0.487. The molecule has 0 aliphatic rings. The van der Waals surface area contributed by atoms with Crippen LogP contribution in [0.25, 0.3) is 0 Å². The maximum absolute atomic E-state index is 11.8. The molecule has 0 fully saturated rings. The van der Waals surface area contributed by atoms with E-state index in [1.165, 1.54) is 0 Å². The van der Waals surface area contributed by atoms with Crippen LogP contribution < -0.4 is 10.6 Å². The molecule has 0 bridgehead atoms. The van der Waals surface area contributed by atoms with E-state index in [1.54, 1.807) is 27.7 Å². The summed E-state index contributed by atoms with van der Waals surface area (Å²) in [7, 11) is -3.05. The molecule has 6 nitrogen and oxygen atoms in total. The highest BCUT2D eigenvalue weighted by Gasteiger charge is 2.17. The lowest BCUT2D eigenvalue weighted by Gasteiger charge is -2.21. The topological polar surface area (TPSA) is 84.5 Å². The van der Waals surface area contributed by atoms with Gasteiger partial charge in [-0.15, -0.1) is 0 Å². The monoisotopic (exact) mass is 356 g/mol. The van der Waals surface area contributed by atoms with Gasteiger partial charge in [-0.1, -0.05) is 25.1 Å². The number of carbonyl (C=O) groups excluding carboxylic acids is 1. The third kappa shape index (κ3) is 7.68. The molecule has 0 saturated heterocycles. The predicted molar refractivity (Wildman–Crippen MR) is 96.9 cm³/mol. The highest BCUT2D eigenvalue weighted by atomic mass is 32.2. The number of alkyl carbamates (subject to hydrolysis) is 1. The summed E-state index contributed by atoms with van der Waals surface area (Å²) in [6, 6.07) is 7.24. The van der Waals surface area contributed by atoms with Crippen molar-refractivity contribution in [3.05, 3.63) is 29.8 Å². The van der Waals surface area contributed by atoms with Gasteiger partial charge in [0.05, 0.1) is 5.75 Å². The molecule has 0 aliphatic heterocycles. The summed E-state index contributed by atoms with van der Waals surface area (Å²) in [5, 5.41) is 5.91. The van der Waals surface area contributed by atoms with Gasteiger partial charge in [-0.05, 0) is 39.3 Å². The molecule has 0 spiro atoms. The number of sulfone groups is 1. The third-order valence-corrected chi connectivity index (χ3v) is 5.07. The Hall–Kier alpha value is -1.76. The fraction of sp³-hybridized carbons (Fsp3) is 0.588. The number of hydrogen-bond acceptors (Lipinski definition) is 5. The zero-order chi connectivity index (χ0) is 18.4. The van der Waals surface area contributed by atoms with Crippen LogP contribution in [-0.4, -0.2) is 37.7 Å². The zero-order valence-corrected chi connectivity index (χ0v) is 15.9. The van der Waals surface area contributed by atoms with E-state index in [0.29, 0.717) is 6.54 Å². The molecular formula is C17H28N2O4S. The summed E-state index contributed by atoms with van der Waals surface area (Å²) in [4.78, 5) is 11.8. The maximum atomic E-state index is 11.8. The number of hydrogen-bond donors (Lipinski definition) is 2. The van der Waals surface area contributed by atoms with Gasteiger partial charge >= 0.3 is 6.09 Å². The van der Waals surface area contributed by atoms with E-state index in [0.717, 1.165) is 11.3 Å². The van der Waals surface area contributed by atoms with E-state index in [-0.39, 0.29) is 17.5 Å². The van der Waals surface area contributed by atoms with Gasteiger partial charge < -0.3 is 15.4 Å². The molecule has 0 radical (unpaired) electrons. The quantitative estimate of drug-likeness (QED) is 0.785. The average molecular weight is 356 g/mol. The second-order valence-electron chi connectivity index (χ2n) is 6.76. The third-order valence-electron chi connectivity index (χ3n) is 3.19. The van der Waals surface area contributed by atoms with Gasteiger partial charge in [-0.25, -0.2) is 13.2 Å². The van der Waals surface area contributed by atoms with Crippen LogP contribution in [0.5, 0.6) is 0 Å². The molecule has 1 rings (SSSR count). The van der Waals surface area contributed by atoms with E-state index >= 15 is 0 Å². The lowest BCUT2D eigenvalue weighted by Crippen LogP contribution is -2.32. The first kappa shape index (κ1) is 20.3. The Labute approximate surface area is 144 Å². The van der Waals surface area contributed by atoms with Crippen molar-refractivity contribution in [2.75, 3.05) is 16.8 Å². The molecule has 0 aromatic heterocycles. The minimum atomic E-state index is -3.05. The van der Waals surface area contributed by atoms with Crippen LogP contribution in [0.2, 0.25) is 0 Å². The number of para-hydroxylation sites is 1. The number of benzene rings is 1. The summed E-state index contributed by atoms with van der Waals surface area (Å²) in [5.74, 6) is 0.193. The van der Waals surface area contributed by atoms with Crippen LogP contribution in [0, 0.1) is 0 Å². The number of carbonyl (C=O) groups is 1. The van der Waals surface area contributed by atoms with Gasteiger partial charge in [0.2, 0.25) is 0 Å². The van der Waals surface area contributed by atoms with Crippen molar-refractivity contribution in [2.45, 2.75) is 52.8 Å². The Bertz CT molecular complexity index is 651. The minimum absolute atomic E-state index is 0.0668. The standard InChI is InChI=1S/C17H28N2O4S/c1-6-24(21,22)12-13(2)19-15-10-8-7-9-14(15)11-18-16(20)23-17(3,4)5/h7-10,13,19H,6,11-12H2,1-5H3,(H,18,20). The number of rotatable bonds is 7. The summed E-state index contributed by atoms with van der Waals surface area (Å²) in [5.41, 5.74) is 1.11. The molecule has 7 heteroatoms. The Morgan fingerprint density at radius 2 is 1.88 bits per heavy atom. The molecule has 1 atom stereocenters. The molecule has 0 heterocycles. The number of anilines is 1. The highest BCUT2D eigenvalue weighted by Crippen LogP contribution is 2.17. The van der Waals surface area contributed by atoms with Crippen LogP contribution in [0.15, 0.2) is 24.3 Å². The van der Waals surface area contributed by atoms with Crippen molar-refractivity contribution in [3.8, 4) is 0 Å². The Morgan fingerprint density at radius 1 is 1.25 bits per heavy atom. The van der Waals surface area contributed by atoms with E-state index < -0.39 is 21.5 Å². The molecule has 1 amide bonds. The van der Waals surface area contributed by atoms with Gasteiger partial charge in [-0.3, -0.25) is 0 Å². The number of amides is 1. The van der Waals surface area contributed by atoms with Crippen molar-refractivity contribution in [1.82, 2.24) is 5.32 Å². The summed E-state index contributed by atoms with van der Waals surface area (Å²) in [6.45, 7) is 9.17. The second kappa shape index (κ2) is 8.37. The van der Waals surface area contributed by atoms with Crippen molar-refractivity contribution in [1.29, 1.82) is 0 Å². The van der Waals surface area contributed by atoms with Crippen molar-refractivity contribution in [2.24, 2.45) is 0 Å². The van der Waals surface area contributed by atoms with Crippen LogP contribution in [0.4, 0.5) is 10.5 Å². The average Bonchev–Trinajstić information content (AvgIpc) is 2.44. The minimum Gasteiger partial charge on any atom is -0.444 e. The van der Waals surface area contributed by atoms with E-state index in [4.69, 9.17) is 4.74 Å². The van der Waals surface area contributed by atoms with Crippen LogP contribution in [0.1, 0.15) is 40.2 Å². The predicted octanol–water partition coefficient (Wildman–Crippen LogP) is 2.95. The number of nitrogens with one attached hydrogen (secondary N) is 2. The SMILES string of the molecule is CCS(=O)(=O)CC(C)Nc1ccccc1CNC(=O)OC(C)(C)C. The van der Waals surface area contributed by atoms with Crippen LogP contribution >= 0.6 is 0 Å². The first-order valence-corrected chi connectivity index (χ1v) is 9.86. The molecule has 1 aromatic rings. The second-order valence-corrected chi connectivity index (χ2v) is 9.15. The molecule has 0 saturated carbocycles. The van der Waals surface area contributed by atoms with E-state index in [2.05, 4.69) is 10.6 Å². The smallest absolute Gasteiger partial charge is 0.407 e. The molecule has 0 aliphatic carbocycles. The lowest BCUT2D eigenvalue weighted by molar-refractivity contribution is 0.0523. The molecular weight excluding hydrogens is 328 g/mol. The van der Waals surface area contributed by atoms with Crippen molar-refractivity contribution < 1.29 is 17.9 Å². The van der Waals surface area contributed by atoms with Gasteiger partial charge in [0.15, 0.2) is 9.84 Å². The van der Waals surface area contributed by atoms with Gasteiger partial charge in [0.1, 0.15) is 5.60 Å². The molecule has 1 unspecified atom stereocenters. The molecule has 1 aromatic carbocycles. The molecule has 2 N–H and O–H groups in total. The Kier molecular flexibility index (Phi) is 7.08. The Morgan fingerprint density at radius 3 is 2.46 bits per heavy atom. The highest BCUT2D eigenvalue weighted by molar-refractivity contribution is 7.91. The van der Waals surface area contributed by atoms with E-state index in [9.17, 15) is 13.2 Å². The zero-order valence-electron chi connectivity index (χ0n) is 15.0. The van der Waals surface area contributed by atoms with E-state index in [1.807, 2.05) is 31.2 Å². The largest absolute Gasteiger partial charge is 0.444 e. The molecule has 24 heavy (non-hydrogen) atoms. The van der Waals surface area contributed by atoms with Gasteiger partial charge in [0, 0.05) is 24.0 Å². The van der Waals surface area contributed by atoms with Crippen LogP contribution in [-0.2, 0) is 21.1 Å². The van der Waals surface area contributed by atoms with Crippen molar-refractivity contribution >= 4 is 21.6 Å². The van der Waals surface area contributed by atoms with Gasteiger partial charge in [0.25, 0.3) is 0 Å². The molecule has 136 valence electrons. The Balaban J connectivity index is 2.70.